The molecule has 0 aliphatic carbocycles. The van der Waals surface area contributed by atoms with Crippen molar-refractivity contribution in [2.45, 2.75) is 26.2 Å². The maximum atomic E-state index is 11.3. The number of benzene rings is 2. The van der Waals surface area contributed by atoms with Gasteiger partial charge in [0.25, 0.3) is 0 Å². The highest BCUT2D eigenvalue weighted by atomic mass is 16.5. The van der Waals surface area contributed by atoms with Gasteiger partial charge >= 0.3 is 23.9 Å². The van der Waals surface area contributed by atoms with E-state index in [1.165, 1.54) is 34.1 Å². The largest absolute Gasteiger partial charge is 0.469 e. The predicted octanol–water partition coefficient (Wildman–Crippen LogP) is 3.70. The van der Waals surface area contributed by atoms with Gasteiger partial charge in [-0.3, -0.25) is 14.4 Å². The maximum Gasteiger partial charge on any atom is 0.330 e. The van der Waals surface area contributed by atoms with Crippen molar-refractivity contribution in [3.05, 3.63) is 77.9 Å². The second-order valence-electron chi connectivity index (χ2n) is 7.03. The number of ether oxygens (including phenoxy) is 4. The van der Waals surface area contributed by atoms with Gasteiger partial charge in [-0.1, -0.05) is 60.7 Å². The van der Waals surface area contributed by atoms with Gasteiger partial charge in [-0.2, -0.15) is 0 Å². The summed E-state index contributed by atoms with van der Waals surface area (Å²) in [4.78, 5) is 44.0. The van der Waals surface area contributed by atoms with Crippen LogP contribution in [0.15, 0.2) is 66.7 Å². The van der Waals surface area contributed by atoms with Crippen LogP contribution >= 0.6 is 0 Å². The van der Waals surface area contributed by atoms with E-state index in [-0.39, 0.29) is 37.5 Å². The van der Waals surface area contributed by atoms with Crippen LogP contribution in [0.25, 0.3) is 5.57 Å². The second kappa shape index (κ2) is 15.8. The average Bonchev–Trinajstić information content (AvgIpc) is 2.85. The average molecular weight is 471 g/mol. The zero-order valence-electron chi connectivity index (χ0n) is 19.8. The van der Waals surface area contributed by atoms with Crippen molar-refractivity contribution in [2.24, 2.45) is 0 Å². The Balaban J connectivity index is 0.000000340. The smallest absolute Gasteiger partial charge is 0.330 e. The van der Waals surface area contributed by atoms with Gasteiger partial charge in [0.2, 0.25) is 0 Å². The summed E-state index contributed by atoms with van der Waals surface area (Å²) in [6.07, 6.45) is 1.52. The third kappa shape index (κ3) is 11.6. The molecule has 0 spiro atoms. The highest BCUT2D eigenvalue weighted by Gasteiger charge is 2.17. The lowest BCUT2D eigenvalue weighted by Crippen LogP contribution is -2.15. The number of carbonyl (C=O) groups is 4. The van der Waals surface area contributed by atoms with Gasteiger partial charge < -0.3 is 18.9 Å². The SMILES string of the molecule is COC(=O)C=C(COC(C)=O)c1ccccc1.COC(=O)CC(COC(C)=O)c1ccccc1. The van der Waals surface area contributed by atoms with Crippen LogP contribution in [0.1, 0.15) is 37.3 Å². The van der Waals surface area contributed by atoms with E-state index in [0.29, 0.717) is 5.57 Å². The summed E-state index contributed by atoms with van der Waals surface area (Å²) in [5.41, 5.74) is 2.38. The molecule has 1 atom stereocenters. The molecule has 34 heavy (non-hydrogen) atoms. The van der Waals surface area contributed by atoms with E-state index in [9.17, 15) is 19.2 Å². The van der Waals surface area contributed by atoms with Crippen molar-refractivity contribution in [3.63, 3.8) is 0 Å². The van der Waals surface area contributed by atoms with Gasteiger partial charge in [-0.15, -0.1) is 0 Å². The molecule has 0 N–H and O–H groups in total. The maximum absolute atomic E-state index is 11.3. The number of esters is 4. The fraction of sp³-hybridized carbons (Fsp3) is 0.308. The number of carbonyl (C=O) groups excluding carboxylic acids is 4. The van der Waals surface area contributed by atoms with Crippen LogP contribution in [-0.2, 0) is 38.1 Å². The Hall–Kier alpha value is -3.94. The van der Waals surface area contributed by atoms with Crippen LogP contribution < -0.4 is 0 Å². The molecule has 8 heteroatoms. The Kier molecular flexibility index (Phi) is 13.1. The minimum atomic E-state index is -0.476. The Morgan fingerprint density at radius 2 is 1.35 bits per heavy atom. The molecule has 0 heterocycles. The summed E-state index contributed by atoms with van der Waals surface area (Å²) in [7, 11) is 2.64. The molecular formula is C26H30O8. The minimum absolute atomic E-state index is 0.0500. The molecular weight excluding hydrogens is 440 g/mol. The van der Waals surface area contributed by atoms with Gasteiger partial charge in [-0.05, 0) is 11.1 Å². The summed E-state index contributed by atoms with van der Waals surface area (Å²) in [5, 5.41) is 0. The molecule has 2 aromatic rings. The van der Waals surface area contributed by atoms with Crippen molar-refractivity contribution in [3.8, 4) is 0 Å². The highest BCUT2D eigenvalue weighted by Crippen LogP contribution is 2.20. The predicted molar refractivity (Wildman–Crippen MR) is 126 cm³/mol. The van der Waals surface area contributed by atoms with E-state index in [2.05, 4.69) is 9.47 Å². The van der Waals surface area contributed by atoms with Gasteiger partial charge in [0.15, 0.2) is 0 Å². The number of methoxy groups -OCH3 is 2. The lowest BCUT2D eigenvalue weighted by Gasteiger charge is -2.15. The summed E-state index contributed by atoms with van der Waals surface area (Å²) < 4.78 is 19.0. The number of rotatable bonds is 9. The zero-order valence-corrected chi connectivity index (χ0v) is 19.8. The Labute approximate surface area is 199 Å². The third-order valence-electron chi connectivity index (χ3n) is 4.47. The normalized spacial score (nSPS) is 11.2. The van der Waals surface area contributed by atoms with Crippen molar-refractivity contribution in [2.75, 3.05) is 27.4 Å². The first-order chi connectivity index (χ1) is 16.3. The first-order valence-electron chi connectivity index (χ1n) is 10.5. The van der Waals surface area contributed by atoms with Crippen LogP contribution in [0.5, 0.6) is 0 Å². The molecule has 182 valence electrons. The van der Waals surface area contributed by atoms with E-state index in [1.807, 2.05) is 60.7 Å². The standard InChI is InChI=1S/C13H16O4.C13H14O4/c2*1-10(14)17-9-12(8-13(15)16-2)11-6-4-3-5-7-11/h3-7,12H,8-9H2,1-2H3;3-8H,9H2,1-2H3. The minimum Gasteiger partial charge on any atom is -0.469 e. The molecule has 1 unspecified atom stereocenters. The molecule has 0 bridgehead atoms. The third-order valence-corrected chi connectivity index (χ3v) is 4.47. The highest BCUT2D eigenvalue weighted by molar-refractivity contribution is 5.91. The molecule has 8 nitrogen and oxygen atoms in total. The summed E-state index contributed by atoms with van der Waals surface area (Å²) >= 11 is 0. The first kappa shape index (κ1) is 28.1. The lowest BCUT2D eigenvalue weighted by molar-refractivity contribution is -0.145. The van der Waals surface area contributed by atoms with Crippen molar-refractivity contribution in [1.82, 2.24) is 0 Å². The zero-order chi connectivity index (χ0) is 25.3. The fourth-order valence-electron chi connectivity index (χ4n) is 2.74. The van der Waals surface area contributed by atoms with E-state index in [4.69, 9.17) is 9.47 Å². The molecule has 0 saturated carbocycles. The molecule has 0 amide bonds. The Morgan fingerprint density at radius 1 is 0.794 bits per heavy atom. The Morgan fingerprint density at radius 3 is 1.85 bits per heavy atom. The van der Waals surface area contributed by atoms with Gasteiger partial charge in [0.1, 0.15) is 6.61 Å². The molecule has 0 aliphatic rings. The van der Waals surface area contributed by atoms with Crippen LogP contribution in [-0.4, -0.2) is 51.3 Å². The van der Waals surface area contributed by atoms with Crippen molar-refractivity contribution < 1.29 is 38.1 Å². The van der Waals surface area contributed by atoms with Crippen molar-refractivity contribution >= 4 is 29.5 Å². The molecule has 2 aromatic carbocycles. The van der Waals surface area contributed by atoms with Gasteiger partial charge in [0, 0.05) is 31.4 Å². The summed E-state index contributed by atoms with van der Waals surface area (Å²) in [5.74, 6) is -1.69. The van der Waals surface area contributed by atoms with E-state index in [0.717, 1.165) is 11.1 Å². The molecule has 0 fully saturated rings. The van der Waals surface area contributed by atoms with E-state index < -0.39 is 11.9 Å². The monoisotopic (exact) mass is 470 g/mol. The number of hydrogen-bond acceptors (Lipinski definition) is 8. The van der Waals surface area contributed by atoms with Crippen LogP contribution in [0.4, 0.5) is 0 Å². The van der Waals surface area contributed by atoms with Crippen molar-refractivity contribution in [1.29, 1.82) is 0 Å². The first-order valence-corrected chi connectivity index (χ1v) is 10.5. The van der Waals surface area contributed by atoms with Gasteiger partial charge in [-0.25, -0.2) is 4.79 Å². The molecule has 0 aliphatic heterocycles. The fourth-order valence-corrected chi connectivity index (χ4v) is 2.74. The van der Waals surface area contributed by atoms with Crippen LogP contribution in [0, 0.1) is 0 Å². The molecule has 0 radical (unpaired) electrons. The van der Waals surface area contributed by atoms with Crippen LogP contribution in [0.2, 0.25) is 0 Å². The quantitative estimate of drug-likeness (QED) is 0.310. The molecule has 0 saturated heterocycles. The lowest BCUT2D eigenvalue weighted by atomic mass is 9.97. The topological polar surface area (TPSA) is 105 Å². The summed E-state index contributed by atoms with van der Waals surface area (Å²) in [6, 6.07) is 18.7. The molecule has 2 rings (SSSR count). The number of hydrogen-bond donors (Lipinski definition) is 0. The molecule has 0 aromatic heterocycles. The van der Waals surface area contributed by atoms with E-state index in [1.54, 1.807) is 0 Å². The summed E-state index contributed by atoms with van der Waals surface area (Å²) in [6.45, 7) is 2.91. The van der Waals surface area contributed by atoms with Gasteiger partial charge in [0.05, 0.1) is 27.2 Å². The second-order valence-corrected chi connectivity index (χ2v) is 7.03. The Bertz CT molecular complexity index is 951. The van der Waals surface area contributed by atoms with E-state index >= 15 is 0 Å². The van der Waals surface area contributed by atoms with Crippen LogP contribution in [0.3, 0.4) is 0 Å².